The number of hydrogen-bond acceptors (Lipinski definition) is 5. The molecule has 2 aromatic heterocycles. The van der Waals surface area contributed by atoms with Crippen molar-refractivity contribution in [1.82, 2.24) is 14.8 Å². The van der Waals surface area contributed by atoms with Crippen molar-refractivity contribution in [3.05, 3.63) is 80.5 Å². The zero-order chi connectivity index (χ0) is 19.0. The van der Waals surface area contributed by atoms with Gasteiger partial charge in [0.05, 0.1) is 9.71 Å². The van der Waals surface area contributed by atoms with Crippen molar-refractivity contribution < 1.29 is 4.79 Å². The van der Waals surface area contributed by atoms with Gasteiger partial charge in [0.25, 0.3) is 5.56 Å². The monoisotopic (exact) mass is 395 g/mol. The van der Waals surface area contributed by atoms with Crippen molar-refractivity contribution in [2.45, 2.75) is 13.5 Å². The number of aromatic nitrogens is 3. The molecule has 4 rings (SSSR count). The van der Waals surface area contributed by atoms with Gasteiger partial charge in [-0.15, -0.1) is 11.3 Å². The quantitative estimate of drug-likeness (QED) is 0.481. The third kappa shape index (κ3) is 3.41. The lowest BCUT2D eigenvalue weighted by Gasteiger charge is -2.08. The van der Waals surface area contributed by atoms with E-state index in [4.69, 9.17) is 11.6 Å². The van der Waals surface area contributed by atoms with Gasteiger partial charge in [-0.3, -0.25) is 9.59 Å². The van der Waals surface area contributed by atoms with Gasteiger partial charge in [-0.2, -0.15) is 5.10 Å². The third-order valence-electron chi connectivity index (χ3n) is 4.11. The molecule has 0 spiro atoms. The van der Waals surface area contributed by atoms with E-state index in [-0.39, 0.29) is 17.9 Å². The molecular formula is C20H14ClN3O2S. The van der Waals surface area contributed by atoms with E-state index in [0.29, 0.717) is 21.8 Å². The molecule has 4 aromatic rings. The topological polar surface area (TPSA) is 64.8 Å². The van der Waals surface area contributed by atoms with E-state index in [9.17, 15) is 9.59 Å². The van der Waals surface area contributed by atoms with Crippen molar-refractivity contribution in [2.24, 2.45) is 0 Å². The van der Waals surface area contributed by atoms with Crippen molar-refractivity contribution in [3.8, 4) is 11.3 Å². The van der Waals surface area contributed by atoms with E-state index in [1.807, 2.05) is 37.3 Å². The third-order valence-corrected chi connectivity index (χ3v) is 5.34. The highest BCUT2D eigenvalue weighted by molar-refractivity contribution is 7.19. The lowest BCUT2D eigenvalue weighted by Crippen LogP contribution is -2.27. The van der Waals surface area contributed by atoms with E-state index in [1.54, 1.807) is 24.3 Å². The van der Waals surface area contributed by atoms with E-state index in [1.165, 1.54) is 16.0 Å². The Morgan fingerprint density at radius 1 is 1.11 bits per heavy atom. The minimum atomic E-state index is -0.364. The van der Waals surface area contributed by atoms with Crippen LogP contribution >= 0.6 is 22.9 Å². The molecule has 0 bridgehead atoms. The van der Waals surface area contributed by atoms with Crippen LogP contribution in [0.1, 0.15) is 15.4 Å². The standard InChI is InChI=1S/C20H14ClN3O2S/c1-12-22-18-19(27-12)17(14-5-3-2-4-6-14)23-24(20(18)26)11-16(25)13-7-9-15(21)10-8-13/h2-10H,11H2,1H3. The number of ketones is 1. The van der Waals surface area contributed by atoms with Crippen LogP contribution in [0.15, 0.2) is 59.4 Å². The second-order valence-corrected chi connectivity index (χ2v) is 7.66. The first-order valence-electron chi connectivity index (χ1n) is 8.25. The zero-order valence-corrected chi connectivity index (χ0v) is 15.9. The number of halogens is 1. The predicted octanol–water partition coefficient (Wildman–Crippen LogP) is 4.36. The molecule has 0 saturated carbocycles. The highest BCUT2D eigenvalue weighted by Crippen LogP contribution is 2.29. The van der Waals surface area contributed by atoms with E-state index in [0.717, 1.165) is 15.3 Å². The molecule has 27 heavy (non-hydrogen) atoms. The first-order valence-corrected chi connectivity index (χ1v) is 9.45. The molecule has 0 N–H and O–H groups in total. The second-order valence-electron chi connectivity index (χ2n) is 6.02. The van der Waals surface area contributed by atoms with Crippen LogP contribution in [0.25, 0.3) is 21.5 Å². The van der Waals surface area contributed by atoms with Gasteiger partial charge in [0.2, 0.25) is 0 Å². The van der Waals surface area contributed by atoms with Crippen LogP contribution in [0.3, 0.4) is 0 Å². The number of aryl methyl sites for hydroxylation is 1. The summed E-state index contributed by atoms with van der Waals surface area (Å²) in [5, 5.41) is 5.82. The van der Waals surface area contributed by atoms with Gasteiger partial charge in [0, 0.05) is 16.1 Å². The molecule has 2 heterocycles. The molecule has 0 amide bonds. The van der Waals surface area contributed by atoms with E-state index in [2.05, 4.69) is 10.1 Å². The number of hydrogen-bond donors (Lipinski definition) is 0. The molecule has 0 aliphatic heterocycles. The molecule has 0 aliphatic rings. The van der Waals surface area contributed by atoms with Crippen molar-refractivity contribution >= 4 is 38.9 Å². The van der Waals surface area contributed by atoms with E-state index >= 15 is 0 Å². The number of Topliss-reactive ketones (excluding diaryl/α,β-unsaturated/α-hetero) is 1. The van der Waals surface area contributed by atoms with Gasteiger partial charge < -0.3 is 0 Å². The van der Waals surface area contributed by atoms with Gasteiger partial charge in [0.15, 0.2) is 11.3 Å². The fourth-order valence-corrected chi connectivity index (χ4v) is 3.86. The number of carbonyl (C=O) groups excluding carboxylic acids is 1. The van der Waals surface area contributed by atoms with E-state index < -0.39 is 0 Å². The Morgan fingerprint density at radius 2 is 1.81 bits per heavy atom. The van der Waals surface area contributed by atoms with Gasteiger partial charge >= 0.3 is 0 Å². The maximum atomic E-state index is 12.8. The summed E-state index contributed by atoms with van der Waals surface area (Å²) in [6.07, 6.45) is 0. The largest absolute Gasteiger partial charge is 0.294 e. The smallest absolute Gasteiger partial charge is 0.292 e. The van der Waals surface area contributed by atoms with Crippen LogP contribution in [-0.2, 0) is 6.54 Å². The first kappa shape index (κ1) is 17.6. The SMILES string of the molecule is Cc1nc2c(=O)n(CC(=O)c3ccc(Cl)cc3)nc(-c3ccccc3)c2s1. The minimum Gasteiger partial charge on any atom is -0.292 e. The fraction of sp³-hybridized carbons (Fsp3) is 0.100. The normalized spacial score (nSPS) is 11.0. The Kier molecular flexibility index (Phi) is 4.59. The van der Waals surface area contributed by atoms with Crippen molar-refractivity contribution in [2.75, 3.05) is 0 Å². The molecule has 2 aromatic carbocycles. The average molecular weight is 396 g/mol. The lowest BCUT2D eigenvalue weighted by atomic mass is 10.1. The highest BCUT2D eigenvalue weighted by Gasteiger charge is 2.18. The summed E-state index contributed by atoms with van der Waals surface area (Å²) >= 11 is 7.30. The summed E-state index contributed by atoms with van der Waals surface area (Å²) in [5.74, 6) is -0.216. The van der Waals surface area contributed by atoms with Crippen LogP contribution in [0.5, 0.6) is 0 Å². The summed E-state index contributed by atoms with van der Waals surface area (Å²) in [4.78, 5) is 29.8. The number of carbonyl (C=O) groups is 1. The maximum absolute atomic E-state index is 12.8. The molecule has 134 valence electrons. The number of rotatable bonds is 4. The molecule has 5 nitrogen and oxygen atoms in total. The molecule has 0 aliphatic carbocycles. The predicted molar refractivity (Wildman–Crippen MR) is 108 cm³/mol. The minimum absolute atomic E-state index is 0.160. The van der Waals surface area contributed by atoms with Crippen LogP contribution in [0.4, 0.5) is 0 Å². The van der Waals surface area contributed by atoms with Crippen LogP contribution < -0.4 is 5.56 Å². The molecule has 0 unspecified atom stereocenters. The number of thiazole rings is 1. The Labute approximate surface area is 163 Å². The molecule has 7 heteroatoms. The lowest BCUT2D eigenvalue weighted by molar-refractivity contribution is 0.0966. The molecule has 0 fully saturated rings. The summed E-state index contributed by atoms with van der Waals surface area (Å²) in [6.45, 7) is 1.69. The van der Waals surface area contributed by atoms with Crippen LogP contribution in [0, 0.1) is 6.92 Å². The molecule has 0 atom stereocenters. The maximum Gasteiger partial charge on any atom is 0.294 e. The zero-order valence-electron chi connectivity index (χ0n) is 14.3. The Balaban J connectivity index is 1.83. The Bertz CT molecular complexity index is 1200. The van der Waals surface area contributed by atoms with Crippen LogP contribution in [0.2, 0.25) is 5.02 Å². The van der Waals surface area contributed by atoms with Gasteiger partial charge in [0.1, 0.15) is 12.2 Å². The van der Waals surface area contributed by atoms with Crippen LogP contribution in [-0.4, -0.2) is 20.5 Å². The van der Waals surface area contributed by atoms with Crippen molar-refractivity contribution in [3.63, 3.8) is 0 Å². The van der Waals surface area contributed by atoms with Gasteiger partial charge in [-0.25, -0.2) is 9.67 Å². The first-order chi connectivity index (χ1) is 13.0. The molecular weight excluding hydrogens is 382 g/mol. The summed E-state index contributed by atoms with van der Waals surface area (Å²) in [6, 6.07) is 16.1. The summed E-state index contributed by atoms with van der Waals surface area (Å²) in [5.41, 5.74) is 1.98. The molecule has 0 saturated heterocycles. The fourth-order valence-electron chi connectivity index (χ4n) is 2.82. The second kappa shape index (κ2) is 7.06. The summed E-state index contributed by atoms with van der Waals surface area (Å²) < 4.78 is 1.93. The Morgan fingerprint density at radius 3 is 2.52 bits per heavy atom. The number of nitrogens with zero attached hydrogens (tertiary/aromatic N) is 3. The van der Waals surface area contributed by atoms with Gasteiger partial charge in [-0.1, -0.05) is 41.9 Å². The highest BCUT2D eigenvalue weighted by atomic mass is 35.5. The average Bonchev–Trinajstić information content (AvgIpc) is 3.07. The molecule has 0 radical (unpaired) electrons. The summed E-state index contributed by atoms with van der Waals surface area (Å²) in [7, 11) is 0. The number of fused-ring (bicyclic) bond motifs is 1. The number of benzene rings is 2. The van der Waals surface area contributed by atoms with Gasteiger partial charge in [-0.05, 0) is 31.2 Å². The Hall–Kier alpha value is -2.83. The van der Waals surface area contributed by atoms with Crippen molar-refractivity contribution in [1.29, 1.82) is 0 Å².